The van der Waals surface area contributed by atoms with Crippen LogP contribution in [0.5, 0.6) is 0 Å². The van der Waals surface area contributed by atoms with Crippen molar-refractivity contribution in [2.75, 3.05) is 23.3 Å². The van der Waals surface area contributed by atoms with E-state index in [2.05, 4.69) is 17.1 Å². The van der Waals surface area contributed by atoms with Gasteiger partial charge in [0.15, 0.2) is 0 Å². The van der Waals surface area contributed by atoms with Gasteiger partial charge in [-0.05, 0) is 55.2 Å². The van der Waals surface area contributed by atoms with Crippen LogP contribution in [-0.2, 0) is 0 Å². The van der Waals surface area contributed by atoms with Gasteiger partial charge in [0.05, 0.1) is 5.56 Å². The minimum absolute atomic E-state index is 0.0570. The molecule has 1 heterocycles. The van der Waals surface area contributed by atoms with Crippen molar-refractivity contribution < 1.29 is 9.18 Å². The second-order valence-electron chi connectivity index (χ2n) is 6.15. The van der Waals surface area contributed by atoms with Gasteiger partial charge in [-0.3, -0.25) is 4.79 Å². The van der Waals surface area contributed by atoms with Gasteiger partial charge in [-0.1, -0.05) is 19.1 Å². The van der Waals surface area contributed by atoms with Crippen LogP contribution in [0.15, 0.2) is 48.5 Å². The summed E-state index contributed by atoms with van der Waals surface area (Å²) in [5.41, 5.74) is 1.90. The van der Waals surface area contributed by atoms with Crippen LogP contribution in [0.2, 0.25) is 0 Å². The van der Waals surface area contributed by atoms with Gasteiger partial charge in [-0.15, -0.1) is 0 Å². The van der Waals surface area contributed by atoms with Gasteiger partial charge in [-0.25, -0.2) is 4.39 Å². The molecular weight excluding hydrogens is 291 g/mol. The highest BCUT2D eigenvalue weighted by Gasteiger charge is 2.16. The predicted octanol–water partition coefficient (Wildman–Crippen LogP) is 4.31. The molecule has 1 fully saturated rings. The zero-order valence-electron chi connectivity index (χ0n) is 13.3. The molecule has 120 valence electrons. The minimum atomic E-state index is -0.510. The Morgan fingerprint density at radius 1 is 1.09 bits per heavy atom. The van der Waals surface area contributed by atoms with Crippen LogP contribution < -0.4 is 10.2 Å². The summed E-state index contributed by atoms with van der Waals surface area (Å²) in [6, 6.07) is 13.7. The van der Waals surface area contributed by atoms with Crippen LogP contribution in [0.1, 0.15) is 30.1 Å². The SMILES string of the molecule is CC1CCN(c2ccc(NC(=O)c3ccccc3F)cc2)CC1. The maximum atomic E-state index is 13.6. The van der Waals surface area contributed by atoms with E-state index in [1.807, 2.05) is 24.3 Å². The number of benzene rings is 2. The van der Waals surface area contributed by atoms with Crippen LogP contribution in [0.3, 0.4) is 0 Å². The standard InChI is InChI=1S/C19H21FN2O/c1-14-10-12-22(13-11-14)16-8-6-15(7-9-16)21-19(23)17-4-2-3-5-18(17)20/h2-9,14H,10-13H2,1H3,(H,21,23). The lowest BCUT2D eigenvalue weighted by Crippen LogP contribution is -2.32. The molecule has 0 aliphatic carbocycles. The van der Waals surface area contributed by atoms with Crippen molar-refractivity contribution in [2.45, 2.75) is 19.8 Å². The van der Waals surface area contributed by atoms with Crippen molar-refractivity contribution >= 4 is 17.3 Å². The van der Waals surface area contributed by atoms with E-state index in [-0.39, 0.29) is 5.56 Å². The average molecular weight is 312 g/mol. The van der Waals surface area contributed by atoms with Crippen LogP contribution >= 0.6 is 0 Å². The average Bonchev–Trinajstić information content (AvgIpc) is 2.57. The van der Waals surface area contributed by atoms with E-state index in [9.17, 15) is 9.18 Å². The molecule has 0 bridgehead atoms. The molecule has 23 heavy (non-hydrogen) atoms. The summed E-state index contributed by atoms with van der Waals surface area (Å²) < 4.78 is 13.6. The Bertz CT molecular complexity index is 676. The normalized spacial score (nSPS) is 15.5. The van der Waals surface area contributed by atoms with Gasteiger partial charge in [0, 0.05) is 24.5 Å². The Kier molecular flexibility index (Phi) is 4.60. The van der Waals surface area contributed by atoms with E-state index >= 15 is 0 Å². The second kappa shape index (κ2) is 6.82. The number of amides is 1. The van der Waals surface area contributed by atoms with Gasteiger partial charge < -0.3 is 10.2 Å². The Labute approximate surface area is 136 Å². The van der Waals surface area contributed by atoms with Crippen molar-refractivity contribution in [3.63, 3.8) is 0 Å². The molecule has 3 rings (SSSR count). The van der Waals surface area contributed by atoms with E-state index in [4.69, 9.17) is 0 Å². The monoisotopic (exact) mass is 312 g/mol. The van der Waals surface area contributed by atoms with Crippen LogP contribution in [0.4, 0.5) is 15.8 Å². The largest absolute Gasteiger partial charge is 0.372 e. The number of anilines is 2. The van der Waals surface area contributed by atoms with E-state index in [0.717, 1.165) is 19.0 Å². The molecule has 1 saturated heterocycles. The molecule has 4 heteroatoms. The fourth-order valence-electron chi connectivity index (χ4n) is 2.87. The van der Waals surface area contributed by atoms with Gasteiger partial charge in [-0.2, -0.15) is 0 Å². The van der Waals surface area contributed by atoms with Crippen LogP contribution in [-0.4, -0.2) is 19.0 Å². The molecule has 1 aliphatic rings. The maximum absolute atomic E-state index is 13.6. The minimum Gasteiger partial charge on any atom is -0.372 e. The lowest BCUT2D eigenvalue weighted by atomic mass is 9.99. The van der Waals surface area contributed by atoms with Gasteiger partial charge in [0.1, 0.15) is 5.82 Å². The molecular formula is C19H21FN2O. The highest BCUT2D eigenvalue weighted by Crippen LogP contribution is 2.24. The van der Waals surface area contributed by atoms with Crippen molar-refractivity contribution in [3.05, 3.63) is 59.9 Å². The number of halogens is 1. The third-order valence-electron chi connectivity index (χ3n) is 4.39. The lowest BCUT2D eigenvalue weighted by molar-refractivity contribution is 0.102. The van der Waals surface area contributed by atoms with Gasteiger partial charge >= 0.3 is 0 Å². The number of rotatable bonds is 3. The first-order valence-corrected chi connectivity index (χ1v) is 8.04. The van der Waals surface area contributed by atoms with E-state index < -0.39 is 11.7 Å². The van der Waals surface area contributed by atoms with Gasteiger partial charge in [0.25, 0.3) is 5.91 Å². The fourth-order valence-corrected chi connectivity index (χ4v) is 2.87. The molecule has 0 atom stereocenters. The summed E-state index contributed by atoms with van der Waals surface area (Å²) in [5.74, 6) is -0.141. The Morgan fingerprint density at radius 2 is 1.74 bits per heavy atom. The second-order valence-corrected chi connectivity index (χ2v) is 6.15. The first-order valence-electron chi connectivity index (χ1n) is 8.04. The Balaban J connectivity index is 1.66. The smallest absolute Gasteiger partial charge is 0.258 e. The molecule has 3 nitrogen and oxygen atoms in total. The lowest BCUT2D eigenvalue weighted by Gasteiger charge is -2.32. The third-order valence-corrected chi connectivity index (χ3v) is 4.39. The zero-order valence-corrected chi connectivity index (χ0v) is 13.3. The zero-order chi connectivity index (χ0) is 16.2. The van der Waals surface area contributed by atoms with E-state index in [1.165, 1.54) is 30.7 Å². The number of hydrogen-bond donors (Lipinski definition) is 1. The van der Waals surface area contributed by atoms with Crippen molar-refractivity contribution in [1.29, 1.82) is 0 Å². The van der Waals surface area contributed by atoms with Crippen molar-refractivity contribution in [3.8, 4) is 0 Å². The molecule has 2 aromatic rings. The molecule has 1 N–H and O–H groups in total. The number of carbonyl (C=O) groups excluding carboxylic acids is 1. The number of carbonyl (C=O) groups is 1. The van der Waals surface area contributed by atoms with Crippen LogP contribution in [0, 0.1) is 11.7 Å². The highest BCUT2D eigenvalue weighted by atomic mass is 19.1. The Morgan fingerprint density at radius 3 is 2.39 bits per heavy atom. The quantitative estimate of drug-likeness (QED) is 0.915. The molecule has 0 spiro atoms. The third kappa shape index (κ3) is 3.70. The van der Waals surface area contributed by atoms with Crippen molar-refractivity contribution in [1.82, 2.24) is 0 Å². The van der Waals surface area contributed by atoms with Crippen LogP contribution in [0.25, 0.3) is 0 Å². The molecule has 0 unspecified atom stereocenters. The van der Waals surface area contributed by atoms with E-state index in [1.54, 1.807) is 12.1 Å². The summed E-state index contributed by atoms with van der Waals surface area (Å²) in [6.07, 6.45) is 2.43. The molecule has 2 aromatic carbocycles. The maximum Gasteiger partial charge on any atom is 0.258 e. The first kappa shape index (κ1) is 15.5. The van der Waals surface area contributed by atoms with E-state index in [0.29, 0.717) is 5.69 Å². The predicted molar refractivity (Wildman–Crippen MR) is 91.4 cm³/mol. The summed E-state index contributed by atoms with van der Waals surface area (Å²) in [6.45, 7) is 4.43. The summed E-state index contributed by atoms with van der Waals surface area (Å²) >= 11 is 0. The topological polar surface area (TPSA) is 32.3 Å². The first-order chi connectivity index (χ1) is 11.1. The number of piperidine rings is 1. The molecule has 0 saturated carbocycles. The van der Waals surface area contributed by atoms with Crippen molar-refractivity contribution in [2.24, 2.45) is 5.92 Å². The highest BCUT2D eigenvalue weighted by molar-refractivity contribution is 6.04. The van der Waals surface area contributed by atoms with Gasteiger partial charge in [0.2, 0.25) is 0 Å². The molecule has 0 radical (unpaired) electrons. The molecule has 1 aliphatic heterocycles. The molecule has 1 amide bonds. The number of hydrogen-bond acceptors (Lipinski definition) is 2. The number of nitrogens with one attached hydrogen (secondary N) is 1. The summed E-state index contributed by atoms with van der Waals surface area (Å²) in [4.78, 5) is 14.5. The molecule has 0 aromatic heterocycles. The summed E-state index contributed by atoms with van der Waals surface area (Å²) in [5, 5.41) is 2.74. The fraction of sp³-hybridized carbons (Fsp3) is 0.316. The number of nitrogens with zero attached hydrogens (tertiary/aromatic N) is 1. The summed E-state index contributed by atoms with van der Waals surface area (Å²) in [7, 11) is 0. The Hall–Kier alpha value is -2.36.